The third kappa shape index (κ3) is 3.54. The molecule has 1 amide bonds. The molecular formula is C20H26N8OS. The Morgan fingerprint density at radius 3 is 2.83 bits per heavy atom. The van der Waals surface area contributed by atoms with Crippen LogP contribution in [0.5, 0.6) is 0 Å². The number of carbonyl (C=O) groups is 1. The summed E-state index contributed by atoms with van der Waals surface area (Å²) in [6.45, 7) is 3.77. The molecule has 4 heterocycles. The fraction of sp³-hybridized carbons (Fsp3) is 0.550. The van der Waals surface area contributed by atoms with Crippen molar-refractivity contribution in [2.45, 2.75) is 51.6 Å². The Kier molecular flexibility index (Phi) is 4.90. The van der Waals surface area contributed by atoms with Crippen LogP contribution in [-0.4, -0.2) is 48.9 Å². The number of nitrogens with zero attached hydrogens (tertiary/aromatic N) is 6. The molecule has 0 aromatic carbocycles. The number of nitrogens with one attached hydrogen (secondary N) is 1. The van der Waals surface area contributed by atoms with E-state index in [9.17, 15) is 4.79 Å². The van der Waals surface area contributed by atoms with Crippen molar-refractivity contribution in [3.63, 3.8) is 0 Å². The van der Waals surface area contributed by atoms with Gasteiger partial charge in [0.1, 0.15) is 11.3 Å². The number of aryl methyl sites for hydroxylation is 1. The van der Waals surface area contributed by atoms with Crippen LogP contribution in [0.15, 0.2) is 6.33 Å². The van der Waals surface area contributed by atoms with Crippen molar-refractivity contribution in [1.82, 2.24) is 29.4 Å². The van der Waals surface area contributed by atoms with Crippen molar-refractivity contribution in [2.24, 2.45) is 5.92 Å². The summed E-state index contributed by atoms with van der Waals surface area (Å²) >= 11 is 1.61. The molecule has 0 bridgehead atoms. The van der Waals surface area contributed by atoms with Crippen molar-refractivity contribution in [1.29, 1.82) is 0 Å². The van der Waals surface area contributed by atoms with E-state index >= 15 is 0 Å². The predicted molar refractivity (Wildman–Crippen MR) is 116 cm³/mol. The standard InChI is InChI=1S/C20H26N8OS/c1-11-23-17(21)16-18(24-11)28(10-22-16)13-5-3-12(4-6-13)19(29)26-20-25-14-7-8-27(2)9-15(14)30-20/h10,12-13H,3-9H2,1-2H3,(H2,21,23,24)(H,25,26,29)/t12-,13+. The number of anilines is 2. The second-order valence-electron chi connectivity index (χ2n) is 8.35. The van der Waals surface area contributed by atoms with Gasteiger partial charge in [-0.1, -0.05) is 0 Å². The van der Waals surface area contributed by atoms with Gasteiger partial charge in [-0.05, 0) is 39.7 Å². The number of fused-ring (bicyclic) bond motifs is 2. The van der Waals surface area contributed by atoms with Crippen molar-refractivity contribution >= 4 is 39.4 Å². The van der Waals surface area contributed by atoms with Crippen LogP contribution in [0.2, 0.25) is 0 Å². The van der Waals surface area contributed by atoms with Crippen molar-refractivity contribution in [3.05, 3.63) is 22.7 Å². The Labute approximate surface area is 178 Å². The highest BCUT2D eigenvalue weighted by Gasteiger charge is 2.29. The van der Waals surface area contributed by atoms with E-state index in [-0.39, 0.29) is 17.9 Å². The Bertz CT molecular complexity index is 1100. The average Bonchev–Trinajstić information content (AvgIpc) is 3.31. The van der Waals surface area contributed by atoms with Crippen LogP contribution in [0.1, 0.15) is 48.1 Å². The molecule has 0 unspecified atom stereocenters. The first kappa shape index (κ1) is 19.4. The fourth-order valence-corrected chi connectivity index (χ4v) is 5.61. The molecule has 0 spiro atoms. The van der Waals surface area contributed by atoms with Gasteiger partial charge in [0.2, 0.25) is 5.91 Å². The highest BCUT2D eigenvalue weighted by molar-refractivity contribution is 7.15. The first-order valence-electron chi connectivity index (χ1n) is 10.4. The molecule has 0 radical (unpaired) electrons. The number of rotatable bonds is 3. The zero-order valence-electron chi connectivity index (χ0n) is 17.3. The molecule has 5 rings (SSSR count). The summed E-state index contributed by atoms with van der Waals surface area (Å²) in [7, 11) is 2.12. The Balaban J connectivity index is 1.24. The van der Waals surface area contributed by atoms with Gasteiger partial charge >= 0.3 is 0 Å². The second-order valence-corrected chi connectivity index (χ2v) is 9.44. The van der Waals surface area contributed by atoms with Crippen molar-refractivity contribution in [3.8, 4) is 0 Å². The summed E-state index contributed by atoms with van der Waals surface area (Å²) in [5, 5.41) is 3.81. The molecule has 1 aliphatic heterocycles. The lowest BCUT2D eigenvalue weighted by Gasteiger charge is -2.28. The third-order valence-electron chi connectivity index (χ3n) is 6.17. The number of aromatic nitrogens is 5. The van der Waals surface area contributed by atoms with E-state index in [1.54, 1.807) is 17.7 Å². The second kappa shape index (κ2) is 7.59. The summed E-state index contributed by atoms with van der Waals surface area (Å²) in [5.74, 6) is 1.17. The topological polar surface area (TPSA) is 115 Å². The molecule has 1 saturated carbocycles. The zero-order chi connectivity index (χ0) is 20.8. The number of nitrogen functional groups attached to an aromatic ring is 1. The number of thiazole rings is 1. The highest BCUT2D eigenvalue weighted by Crippen LogP contribution is 2.35. The van der Waals surface area contributed by atoms with Crippen LogP contribution in [-0.2, 0) is 17.8 Å². The highest BCUT2D eigenvalue weighted by atomic mass is 32.1. The lowest BCUT2D eigenvalue weighted by Crippen LogP contribution is -2.28. The van der Waals surface area contributed by atoms with E-state index in [0.29, 0.717) is 17.2 Å². The van der Waals surface area contributed by atoms with Gasteiger partial charge in [0.15, 0.2) is 16.6 Å². The number of hydrogen-bond acceptors (Lipinski definition) is 8. The van der Waals surface area contributed by atoms with E-state index in [0.717, 1.165) is 61.7 Å². The molecule has 3 N–H and O–H groups in total. The van der Waals surface area contributed by atoms with E-state index < -0.39 is 0 Å². The fourth-order valence-electron chi connectivity index (χ4n) is 4.52. The van der Waals surface area contributed by atoms with E-state index in [1.807, 2.05) is 6.92 Å². The van der Waals surface area contributed by atoms with Gasteiger partial charge in [-0.15, -0.1) is 11.3 Å². The molecule has 2 aliphatic rings. The van der Waals surface area contributed by atoms with Crippen molar-refractivity contribution < 1.29 is 4.79 Å². The van der Waals surface area contributed by atoms with E-state index in [4.69, 9.17) is 5.73 Å². The summed E-state index contributed by atoms with van der Waals surface area (Å²) < 4.78 is 2.10. The molecule has 158 valence electrons. The normalized spacial score (nSPS) is 22.2. The summed E-state index contributed by atoms with van der Waals surface area (Å²) in [6.07, 6.45) is 6.25. The summed E-state index contributed by atoms with van der Waals surface area (Å²) in [5.41, 5.74) is 8.57. The van der Waals surface area contributed by atoms with Crippen LogP contribution in [0, 0.1) is 12.8 Å². The Hall–Kier alpha value is -2.59. The Morgan fingerprint density at radius 1 is 1.23 bits per heavy atom. The van der Waals surface area contributed by atoms with Gasteiger partial charge in [-0.25, -0.2) is 19.9 Å². The number of amides is 1. The SMILES string of the molecule is Cc1nc(N)c2ncn([C@H]3CC[C@@H](C(=O)Nc4nc5c(s4)CN(C)CC5)CC3)c2n1. The molecule has 0 atom stereocenters. The smallest absolute Gasteiger partial charge is 0.229 e. The number of nitrogens with two attached hydrogens (primary N) is 1. The molecular weight excluding hydrogens is 400 g/mol. The molecule has 9 nitrogen and oxygen atoms in total. The lowest BCUT2D eigenvalue weighted by molar-refractivity contribution is -0.120. The monoisotopic (exact) mass is 426 g/mol. The van der Waals surface area contributed by atoms with Gasteiger partial charge in [-0.3, -0.25) is 4.79 Å². The minimum atomic E-state index is 0.0149. The van der Waals surface area contributed by atoms with Crippen LogP contribution in [0.3, 0.4) is 0 Å². The first-order chi connectivity index (χ1) is 14.5. The Morgan fingerprint density at radius 2 is 2.03 bits per heavy atom. The first-order valence-corrected chi connectivity index (χ1v) is 11.2. The van der Waals surface area contributed by atoms with Gasteiger partial charge in [-0.2, -0.15) is 0 Å². The van der Waals surface area contributed by atoms with Gasteiger partial charge in [0.25, 0.3) is 0 Å². The number of hydrogen-bond donors (Lipinski definition) is 2. The lowest BCUT2D eigenvalue weighted by atomic mass is 9.85. The van der Waals surface area contributed by atoms with E-state index in [2.05, 4.69) is 41.8 Å². The molecule has 3 aromatic heterocycles. The summed E-state index contributed by atoms with van der Waals surface area (Å²) in [6, 6.07) is 0.274. The molecule has 30 heavy (non-hydrogen) atoms. The number of likely N-dealkylation sites (N-methyl/N-ethyl adjacent to an activating group) is 1. The molecule has 1 aliphatic carbocycles. The number of imidazole rings is 1. The maximum atomic E-state index is 12.8. The average molecular weight is 427 g/mol. The van der Waals surface area contributed by atoms with Gasteiger partial charge in [0, 0.05) is 36.3 Å². The van der Waals surface area contributed by atoms with Crippen LogP contribution >= 0.6 is 11.3 Å². The third-order valence-corrected chi connectivity index (χ3v) is 7.17. The maximum absolute atomic E-state index is 12.8. The maximum Gasteiger partial charge on any atom is 0.229 e. The quantitative estimate of drug-likeness (QED) is 0.661. The van der Waals surface area contributed by atoms with Crippen LogP contribution < -0.4 is 11.1 Å². The van der Waals surface area contributed by atoms with Gasteiger partial charge < -0.3 is 20.5 Å². The predicted octanol–water partition coefficient (Wildman–Crippen LogP) is 2.53. The van der Waals surface area contributed by atoms with Gasteiger partial charge in [0.05, 0.1) is 12.0 Å². The summed E-state index contributed by atoms with van der Waals surface area (Å²) in [4.78, 5) is 34.2. The minimum Gasteiger partial charge on any atom is -0.382 e. The van der Waals surface area contributed by atoms with E-state index in [1.165, 1.54) is 4.88 Å². The molecule has 10 heteroatoms. The minimum absolute atomic E-state index is 0.0149. The molecule has 0 saturated heterocycles. The number of carbonyl (C=O) groups excluding carboxylic acids is 1. The van der Waals surface area contributed by atoms with Crippen LogP contribution in [0.4, 0.5) is 10.9 Å². The van der Waals surface area contributed by atoms with Crippen molar-refractivity contribution in [2.75, 3.05) is 24.6 Å². The largest absolute Gasteiger partial charge is 0.382 e. The zero-order valence-corrected chi connectivity index (χ0v) is 18.1. The molecule has 1 fully saturated rings. The molecule has 3 aromatic rings. The van der Waals surface area contributed by atoms with Crippen LogP contribution in [0.25, 0.3) is 11.2 Å².